The number of aromatic nitrogens is 1. The Bertz CT molecular complexity index is 1040. The van der Waals surface area contributed by atoms with E-state index in [1.54, 1.807) is 12.1 Å². The summed E-state index contributed by atoms with van der Waals surface area (Å²) in [6.07, 6.45) is 0.777. The Balaban J connectivity index is 1.67. The molecule has 150 valence electrons. The lowest BCUT2D eigenvalue weighted by Gasteiger charge is -2.26. The Morgan fingerprint density at radius 3 is 2.59 bits per heavy atom. The number of anilines is 1. The number of halogens is 3. The highest BCUT2D eigenvalue weighted by atomic mass is 35.5. The van der Waals surface area contributed by atoms with Gasteiger partial charge in [-0.1, -0.05) is 65.1 Å². The second-order valence-corrected chi connectivity index (χ2v) is 7.81. The Labute approximate surface area is 181 Å². The van der Waals surface area contributed by atoms with Gasteiger partial charge >= 0.3 is 5.97 Å². The minimum absolute atomic E-state index is 0.00832. The van der Waals surface area contributed by atoms with E-state index in [-0.39, 0.29) is 33.2 Å². The minimum Gasteiger partial charge on any atom is -0.456 e. The summed E-state index contributed by atoms with van der Waals surface area (Å²) >= 11 is 18.8. The number of hydrogen-bond donors (Lipinski definition) is 1. The van der Waals surface area contributed by atoms with E-state index in [0.29, 0.717) is 24.0 Å². The van der Waals surface area contributed by atoms with Crippen LogP contribution in [0.3, 0.4) is 0 Å². The molecule has 1 aromatic heterocycles. The van der Waals surface area contributed by atoms with Crippen LogP contribution in [-0.4, -0.2) is 28.2 Å². The molecule has 9 heteroatoms. The number of nitrogens with zero attached hydrogens (tertiary/aromatic N) is 2. The van der Waals surface area contributed by atoms with Crippen LogP contribution < -0.4 is 4.90 Å². The van der Waals surface area contributed by atoms with E-state index in [1.165, 1.54) is 0 Å². The number of esters is 1. The molecular weight excluding hydrogens is 439 g/mol. The van der Waals surface area contributed by atoms with Crippen molar-refractivity contribution in [3.63, 3.8) is 0 Å². The van der Waals surface area contributed by atoms with Gasteiger partial charge in [0.05, 0.1) is 10.7 Å². The van der Waals surface area contributed by atoms with Crippen molar-refractivity contribution in [3.05, 3.63) is 67.9 Å². The summed E-state index contributed by atoms with van der Waals surface area (Å²) in [4.78, 5) is 30.4. The van der Waals surface area contributed by atoms with E-state index in [9.17, 15) is 14.7 Å². The van der Waals surface area contributed by atoms with Gasteiger partial charge in [0.2, 0.25) is 0 Å². The molecule has 1 atom stereocenters. The Morgan fingerprint density at radius 1 is 1.17 bits per heavy atom. The van der Waals surface area contributed by atoms with Crippen molar-refractivity contribution in [1.82, 2.24) is 4.98 Å². The van der Waals surface area contributed by atoms with Crippen LogP contribution in [0, 0.1) is 0 Å². The zero-order valence-corrected chi connectivity index (χ0v) is 17.3. The van der Waals surface area contributed by atoms with Crippen LogP contribution in [0.1, 0.15) is 35.3 Å². The fourth-order valence-corrected chi connectivity index (χ4v) is 4.33. The van der Waals surface area contributed by atoms with E-state index >= 15 is 0 Å². The molecule has 4 rings (SSSR count). The number of pyridine rings is 1. The Kier molecular flexibility index (Phi) is 5.53. The average molecular weight is 454 g/mol. The number of carbonyl (C=O) groups excluding carboxylic acids is 2. The van der Waals surface area contributed by atoms with Gasteiger partial charge in [-0.25, -0.2) is 9.78 Å². The zero-order valence-electron chi connectivity index (χ0n) is 15.0. The van der Waals surface area contributed by atoms with Gasteiger partial charge in [-0.05, 0) is 30.4 Å². The lowest BCUT2D eigenvalue weighted by atomic mass is 10.2. The summed E-state index contributed by atoms with van der Waals surface area (Å²) in [5, 5.41) is 10.1. The molecule has 0 bridgehead atoms. The maximum Gasteiger partial charge on any atom is 0.358 e. The van der Waals surface area contributed by atoms with Crippen LogP contribution in [0.25, 0.3) is 0 Å². The van der Waals surface area contributed by atoms with Crippen LogP contribution in [0.5, 0.6) is 0 Å². The molecule has 0 spiro atoms. The van der Waals surface area contributed by atoms with Crippen molar-refractivity contribution in [3.8, 4) is 0 Å². The second-order valence-electron chi connectivity index (χ2n) is 6.70. The first-order valence-electron chi connectivity index (χ1n) is 8.89. The Hall–Kier alpha value is -2.12. The largest absolute Gasteiger partial charge is 0.456 e. The van der Waals surface area contributed by atoms with Crippen molar-refractivity contribution in [2.24, 2.45) is 0 Å². The number of carbonyl (C=O) groups is 2. The third-order valence-electron chi connectivity index (χ3n) is 4.96. The lowest BCUT2D eigenvalue weighted by Crippen LogP contribution is -2.37. The molecule has 1 N–H and O–H groups in total. The maximum absolute atomic E-state index is 12.8. The van der Waals surface area contributed by atoms with Crippen molar-refractivity contribution in [2.75, 3.05) is 4.90 Å². The number of benzene rings is 1. The fraction of sp³-hybridized carbons (Fsp3) is 0.250. The van der Waals surface area contributed by atoms with Gasteiger partial charge < -0.3 is 9.84 Å². The summed E-state index contributed by atoms with van der Waals surface area (Å²) in [6.45, 7) is 0.00832. The molecule has 0 fully saturated rings. The third kappa shape index (κ3) is 3.51. The van der Waals surface area contributed by atoms with Gasteiger partial charge in [0.15, 0.2) is 17.1 Å². The number of aliphatic hydroxyl groups is 1. The van der Waals surface area contributed by atoms with Crippen molar-refractivity contribution in [2.45, 2.75) is 32.1 Å². The molecule has 0 saturated heterocycles. The second kappa shape index (κ2) is 7.95. The minimum atomic E-state index is -1.21. The molecule has 1 amide bonds. The number of ether oxygens (including phenoxy) is 1. The molecule has 1 aromatic carbocycles. The fourth-order valence-electron chi connectivity index (χ4n) is 3.57. The standard InChI is InChI=1S/C20H15Cl3N2O4/c21-13-15(20(28)29-9-10-5-2-1-3-6-10)24-17(23)14(22)16(13)25-18(26)11-7-4-8-12(11)19(25)27/h1-3,5-6,18,26H,4,7-9H2. The highest BCUT2D eigenvalue weighted by Gasteiger charge is 2.43. The van der Waals surface area contributed by atoms with Crippen LogP contribution >= 0.6 is 34.8 Å². The number of amides is 1. The van der Waals surface area contributed by atoms with E-state index in [0.717, 1.165) is 16.9 Å². The van der Waals surface area contributed by atoms with Crippen LogP contribution in [-0.2, 0) is 16.1 Å². The van der Waals surface area contributed by atoms with Crippen molar-refractivity contribution in [1.29, 1.82) is 0 Å². The van der Waals surface area contributed by atoms with Gasteiger partial charge in [-0.2, -0.15) is 0 Å². The molecule has 1 aliphatic heterocycles. The molecule has 2 aliphatic rings. The molecule has 1 aliphatic carbocycles. The van der Waals surface area contributed by atoms with Gasteiger partial charge in [0.1, 0.15) is 11.6 Å². The van der Waals surface area contributed by atoms with Crippen LogP contribution in [0.4, 0.5) is 5.69 Å². The summed E-state index contributed by atoms with van der Waals surface area (Å²) in [5.41, 5.74) is 1.64. The van der Waals surface area contributed by atoms with Gasteiger partial charge in [-0.3, -0.25) is 9.69 Å². The van der Waals surface area contributed by atoms with Gasteiger partial charge in [0.25, 0.3) is 5.91 Å². The normalized spacial score (nSPS) is 18.4. The SMILES string of the molecule is O=C(OCc1ccccc1)c1nc(Cl)c(Cl)c(N2C(=O)C3=C(CCC3)C2O)c1Cl. The van der Waals surface area contributed by atoms with E-state index < -0.39 is 18.1 Å². The predicted octanol–water partition coefficient (Wildman–Crippen LogP) is 4.54. The van der Waals surface area contributed by atoms with E-state index in [1.807, 2.05) is 18.2 Å². The summed E-state index contributed by atoms with van der Waals surface area (Å²) in [5.74, 6) is -1.22. The number of rotatable bonds is 4. The molecule has 0 radical (unpaired) electrons. The van der Waals surface area contributed by atoms with E-state index in [2.05, 4.69) is 4.98 Å². The molecule has 2 heterocycles. The zero-order chi connectivity index (χ0) is 20.7. The molecule has 1 unspecified atom stereocenters. The third-order valence-corrected chi connectivity index (χ3v) is 6.04. The summed E-state index contributed by atoms with van der Waals surface area (Å²) < 4.78 is 5.27. The molecule has 6 nitrogen and oxygen atoms in total. The number of hydrogen-bond acceptors (Lipinski definition) is 5. The summed E-state index contributed by atoms with van der Waals surface area (Å²) in [6, 6.07) is 9.08. The average Bonchev–Trinajstić information content (AvgIpc) is 3.29. The van der Waals surface area contributed by atoms with E-state index in [4.69, 9.17) is 39.5 Å². The first-order valence-corrected chi connectivity index (χ1v) is 10.0. The molecular formula is C20H15Cl3N2O4. The molecule has 2 aromatic rings. The topological polar surface area (TPSA) is 79.7 Å². The maximum atomic E-state index is 12.8. The number of aliphatic hydroxyl groups excluding tert-OH is 1. The van der Waals surface area contributed by atoms with Crippen molar-refractivity contribution < 1.29 is 19.4 Å². The quantitative estimate of drug-likeness (QED) is 0.543. The monoisotopic (exact) mass is 452 g/mol. The first kappa shape index (κ1) is 20.2. The lowest BCUT2D eigenvalue weighted by molar-refractivity contribution is -0.115. The smallest absolute Gasteiger partial charge is 0.358 e. The Morgan fingerprint density at radius 2 is 1.90 bits per heavy atom. The summed E-state index contributed by atoms with van der Waals surface area (Å²) in [7, 11) is 0. The van der Waals surface area contributed by atoms with Crippen LogP contribution in [0.15, 0.2) is 41.5 Å². The van der Waals surface area contributed by atoms with Crippen LogP contribution in [0.2, 0.25) is 15.2 Å². The molecule has 0 saturated carbocycles. The predicted molar refractivity (Wildman–Crippen MR) is 109 cm³/mol. The first-order chi connectivity index (χ1) is 13.9. The van der Waals surface area contributed by atoms with Gasteiger partial charge in [0, 0.05) is 5.57 Å². The van der Waals surface area contributed by atoms with Gasteiger partial charge in [-0.15, -0.1) is 0 Å². The highest BCUT2D eigenvalue weighted by Crippen LogP contribution is 2.46. The highest BCUT2D eigenvalue weighted by molar-refractivity contribution is 6.47. The van der Waals surface area contributed by atoms with Crippen molar-refractivity contribution >= 4 is 52.4 Å². The molecule has 29 heavy (non-hydrogen) atoms.